The summed E-state index contributed by atoms with van der Waals surface area (Å²) in [7, 11) is 0. The Morgan fingerprint density at radius 2 is 1.35 bits per heavy atom. The van der Waals surface area contributed by atoms with Crippen LogP contribution in [0.2, 0.25) is 11.6 Å². The molecule has 17 heavy (non-hydrogen) atoms. The molecule has 0 aromatic rings. The lowest BCUT2D eigenvalue weighted by atomic mass is 9.27. The normalized spacial score (nSPS) is 16.5. The predicted molar refractivity (Wildman–Crippen MR) is 82.9 cm³/mol. The van der Waals surface area contributed by atoms with E-state index in [4.69, 9.17) is 0 Å². The third-order valence-electron chi connectivity index (χ3n) is 4.57. The molecule has 0 aliphatic rings. The largest absolute Gasteiger partial charge is 0.176 e. The van der Waals surface area contributed by atoms with Gasteiger partial charge in [0.15, 0.2) is 6.71 Å². The summed E-state index contributed by atoms with van der Waals surface area (Å²) in [5.41, 5.74) is 1.69. The van der Waals surface area contributed by atoms with Crippen molar-refractivity contribution in [2.75, 3.05) is 0 Å². The standard InChI is InChI=1S/C16H33B/c1-9-11-16(10-2)17(14(7)12(3)4)15(8)13(5)6/h10,12-15H,9,11H2,1-8H3/b16-10+. The maximum atomic E-state index is 2.44. The van der Waals surface area contributed by atoms with Crippen LogP contribution in [0.4, 0.5) is 0 Å². The molecule has 0 aliphatic heterocycles. The van der Waals surface area contributed by atoms with E-state index in [-0.39, 0.29) is 0 Å². The molecule has 0 aromatic heterocycles. The summed E-state index contributed by atoms with van der Waals surface area (Å²) < 4.78 is 0. The minimum absolute atomic E-state index is 0.764. The van der Waals surface area contributed by atoms with Gasteiger partial charge in [-0.05, 0) is 13.3 Å². The zero-order valence-corrected chi connectivity index (χ0v) is 13.4. The van der Waals surface area contributed by atoms with Gasteiger partial charge in [0.05, 0.1) is 0 Å². The zero-order valence-electron chi connectivity index (χ0n) is 13.4. The summed E-state index contributed by atoms with van der Waals surface area (Å²) in [6.07, 6.45) is 4.92. The van der Waals surface area contributed by atoms with Gasteiger partial charge in [0, 0.05) is 0 Å². The zero-order chi connectivity index (χ0) is 13.6. The smallest absolute Gasteiger partial charge is 0.105 e. The van der Waals surface area contributed by atoms with E-state index >= 15 is 0 Å². The number of rotatable bonds is 7. The predicted octanol–water partition coefficient (Wildman–Crippen LogP) is 5.86. The summed E-state index contributed by atoms with van der Waals surface area (Å²) >= 11 is 0. The highest BCUT2D eigenvalue weighted by Crippen LogP contribution is 2.37. The van der Waals surface area contributed by atoms with Gasteiger partial charge >= 0.3 is 0 Å². The van der Waals surface area contributed by atoms with Crippen molar-refractivity contribution in [1.29, 1.82) is 0 Å². The van der Waals surface area contributed by atoms with Crippen molar-refractivity contribution in [3.8, 4) is 0 Å². The molecule has 0 saturated carbocycles. The van der Waals surface area contributed by atoms with Crippen LogP contribution in [-0.4, -0.2) is 6.71 Å². The molecule has 0 radical (unpaired) electrons. The lowest BCUT2D eigenvalue weighted by molar-refractivity contribution is 0.563. The first-order chi connectivity index (χ1) is 7.86. The van der Waals surface area contributed by atoms with Crippen molar-refractivity contribution < 1.29 is 0 Å². The molecule has 0 saturated heterocycles. The molecule has 2 atom stereocenters. The average Bonchev–Trinajstić information content (AvgIpc) is 2.27. The molecular weight excluding hydrogens is 203 g/mol. The molecular formula is C16H33B. The van der Waals surface area contributed by atoms with Crippen LogP contribution in [0.15, 0.2) is 11.5 Å². The van der Waals surface area contributed by atoms with Crippen LogP contribution in [-0.2, 0) is 0 Å². The lowest BCUT2D eigenvalue weighted by Gasteiger charge is -2.33. The SMILES string of the molecule is C/C=C(\CCC)B(C(C)C(C)C)C(C)C(C)C. The Labute approximate surface area is 110 Å². The number of allylic oxidation sites excluding steroid dienone is 2. The van der Waals surface area contributed by atoms with Gasteiger partial charge in [-0.25, -0.2) is 0 Å². The fraction of sp³-hybridized carbons (Fsp3) is 0.875. The minimum atomic E-state index is 0.764. The van der Waals surface area contributed by atoms with E-state index in [2.05, 4.69) is 61.5 Å². The summed E-state index contributed by atoms with van der Waals surface area (Å²) in [4.78, 5) is 0. The van der Waals surface area contributed by atoms with Crippen molar-refractivity contribution in [1.82, 2.24) is 0 Å². The van der Waals surface area contributed by atoms with Crippen LogP contribution in [0.25, 0.3) is 0 Å². The summed E-state index contributed by atoms with van der Waals surface area (Å²) in [5, 5.41) is 0. The van der Waals surface area contributed by atoms with Gasteiger partial charge < -0.3 is 0 Å². The van der Waals surface area contributed by atoms with Gasteiger partial charge in [-0.3, -0.25) is 0 Å². The maximum Gasteiger partial charge on any atom is 0.176 e. The molecule has 2 unspecified atom stereocenters. The van der Waals surface area contributed by atoms with Gasteiger partial charge in [-0.15, -0.1) is 5.47 Å². The molecule has 0 fully saturated rings. The molecule has 1 heteroatoms. The summed E-state index contributed by atoms with van der Waals surface area (Å²) in [6, 6.07) is 0. The highest BCUT2D eigenvalue weighted by Gasteiger charge is 2.33. The van der Waals surface area contributed by atoms with Crippen molar-refractivity contribution in [2.24, 2.45) is 11.8 Å². The maximum absolute atomic E-state index is 2.44. The Balaban J connectivity index is 5.08. The van der Waals surface area contributed by atoms with Crippen molar-refractivity contribution in [2.45, 2.75) is 79.9 Å². The Morgan fingerprint density at radius 3 is 1.59 bits per heavy atom. The van der Waals surface area contributed by atoms with Crippen LogP contribution < -0.4 is 0 Å². The van der Waals surface area contributed by atoms with E-state index in [9.17, 15) is 0 Å². The van der Waals surface area contributed by atoms with Crippen molar-refractivity contribution in [3.05, 3.63) is 11.5 Å². The Hall–Kier alpha value is -0.195. The average molecular weight is 236 g/mol. The van der Waals surface area contributed by atoms with E-state index in [1.807, 2.05) is 0 Å². The first kappa shape index (κ1) is 16.8. The second-order valence-corrected chi connectivity index (χ2v) is 6.35. The number of hydrogen-bond donors (Lipinski definition) is 0. The van der Waals surface area contributed by atoms with Gasteiger partial charge in [0.1, 0.15) is 0 Å². The number of hydrogen-bond acceptors (Lipinski definition) is 0. The Morgan fingerprint density at radius 1 is 0.941 bits per heavy atom. The Kier molecular flexibility index (Phi) is 7.91. The molecule has 100 valence electrons. The first-order valence-electron chi connectivity index (χ1n) is 7.51. The van der Waals surface area contributed by atoms with Gasteiger partial charge in [0.2, 0.25) is 0 Å². The first-order valence-corrected chi connectivity index (χ1v) is 7.51. The van der Waals surface area contributed by atoms with E-state index in [0.29, 0.717) is 0 Å². The third-order valence-corrected chi connectivity index (χ3v) is 4.57. The van der Waals surface area contributed by atoms with E-state index in [0.717, 1.165) is 30.2 Å². The van der Waals surface area contributed by atoms with Gasteiger partial charge in [-0.2, -0.15) is 0 Å². The topological polar surface area (TPSA) is 0 Å². The molecule has 0 nitrogen and oxygen atoms in total. The molecule has 0 aromatic carbocycles. The van der Waals surface area contributed by atoms with Crippen molar-refractivity contribution in [3.63, 3.8) is 0 Å². The monoisotopic (exact) mass is 236 g/mol. The lowest BCUT2D eigenvalue weighted by Crippen LogP contribution is -2.32. The van der Waals surface area contributed by atoms with E-state index in [1.165, 1.54) is 12.8 Å². The summed E-state index contributed by atoms with van der Waals surface area (Å²) in [6.45, 7) is 19.6. The van der Waals surface area contributed by atoms with Gasteiger partial charge in [0.25, 0.3) is 0 Å². The molecule has 0 bridgehead atoms. The van der Waals surface area contributed by atoms with Crippen LogP contribution >= 0.6 is 0 Å². The van der Waals surface area contributed by atoms with Gasteiger partial charge in [-0.1, -0.05) is 84.4 Å². The van der Waals surface area contributed by atoms with Crippen LogP contribution in [0.5, 0.6) is 0 Å². The molecule has 0 N–H and O–H groups in total. The molecule has 0 spiro atoms. The van der Waals surface area contributed by atoms with E-state index in [1.54, 1.807) is 5.47 Å². The summed E-state index contributed by atoms with van der Waals surface area (Å²) in [5.74, 6) is 3.11. The van der Waals surface area contributed by atoms with E-state index < -0.39 is 0 Å². The highest BCUT2D eigenvalue weighted by atomic mass is 14.1. The Bertz CT molecular complexity index is 214. The molecule has 0 amide bonds. The van der Waals surface area contributed by atoms with Crippen molar-refractivity contribution >= 4 is 6.71 Å². The third kappa shape index (κ3) is 4.90. The fourth-order valence-electron chi connectivity index (χ4n) is 2.78. The van der Waals surface area contributed by atoms with Crippen LogP contribution in [0, 0.1) is 11.8 Å². The minimum Gasteiger partial charge on any atom is -0.105 e. The molecule has 0 rings (SSSR count). The van der Waals surface area contributed by atoms with Crippen LogP contribution in [0.3, 0.4) is 0 Å². The second-order valence-electron chi connectivity index (χ2n) is 6.35. The highest BCUT2D eigenvalue weighted by molar-refractivity contribution is 6.69. The molecule has 0 heterocycles. The van der Waals surface area contributed by atoms with Crippen LogP contribution in [0.1, 0.15) is 68.2 Å². The second kappa shape index (κ2) is 8.00. The fourth-order valence-corrected chi connectivity index (χ4v) is 2.78. The quantitative estimate of drug-likeness (QED) is 0.486. The molecule has 0 aliphatic carbocycles.